The molecule has 0 bridgehead atoms. The van der Waals surface area contributed by atoms with Gasteiger partial charge in [-0.25, -0.2) is 0 Å². The average Bonchev–Trinajstić information content (AvgIpc) is 1.94. The van der Waals surface area contributed by atoms with E-state index >= 15 is 0 Å². The van der Waals surface area contributed by atoms with Crippen LogP contribution in [0.3, 0.4) is 0 Å². The van der Waals surface area contributed by atoms with E-state index < -0.39 is 33.6 Å². The molecule has 0 atom stereocenters. The largest absolute Gasteiger partial charge is 6.00 e. The first-order valence-corrected chi connectivity index (χ1v) is 10.2. The zero-order valence-electron chi connectivity index (χ0n) is 23.9. The predicted molar refractivity (Wildman–Crippen MR) is 119 cm³/mol. The van der Waals surface area contributed by atoms with Crippen LogP contribution in [-0.2, 0) is 21.1 Å². The fraction of sp³-hybridized carbons (Fsp3) is 1.00. The summed E-state index contributed by atoms with van der Waals surface area (Å²) < 4.78 is 0. The number of hydrogen-bond donors (Lipinski definition) is 0. The summed E-state index contributed by atoms with van der Waals surface area (Å²) in [6.07, 6.45) is 0. The molecule has 7 heteroatoms. The van der Waals surface area contributed by atoms with Crippen LogP contribution in [0.25, 0.3) is 0 Å². The van der Waals surface area contributed by atoms with Gasteiger partial charge in [0.2, 0.25) is 0 Å². The van der Waals surface area contributed by atoms with Crippen molar-refractivity contribution in [2.24, 2.45) is 0 Å². The van der Waals surface area contributed by atoms with Gasteiger partial charge in [0.25, 0.3) is 0 Å². The Bertz CT molecular complexity index is 214. The molecule has 6 nitrogen and oxygen atoms in total. The maximum absolute atomic E-state index is 10.1. The molecule has 0 saturated heterocycles. The third-order valence-electron chi connectivity index (χ3n) is 0. The van der Waals surface area contributed by atoms with E-state index in [0.29, 0.717) is 0 Å². The van der Waals surface area contributed by atoms with E-state index in [1.165, 1.54) is 0 Å². The van der Waals surface area contributed by atoms with Crippen LogP contribution in [0, 0.1) is 0 Å². The summed E-state index contributed by atoms with van der Waals surface area (Å²) in [7, 11) is 0. The Morgan fingerprint density at radius 1 is 0.226 bits per heavy atom. The van der Waals surface area contributed by atoms with Gasteiger partial charge in [-0.15, -0.1) is 33.6 Å². The van der Waals surface area contributed by atoms with Crippen molar-refractivity contribution in [2.45, 2.75) is 158 Å². The topological polar surface area (TPSA) is 138 Å². The molecule has 0 aliphatic rings. The van der Waals surface area contributed by atoms with Crippen molar-refractivity contribution in [2.75, 3.05) is 0 Å². The van der Waals surface area contributed by atoms with Crippen LogP contribution in [0.15, 0.2) is 0 Å². The summed E-state index contributed by atoms with van der Waals surface area (Å²) in [6.45, 7) is 29.4. The first kappa shape index (κ1) is 48.8. The minimum absolute atomic E-state index is 0. The average molecular weight is 623 g/mol. The molecule has 31 heavy (non-hydrogen) atoms. The molecule has 0 saturated carbocycles. The Hall–Kier alpha value is 0.448. The minimum atomic E-state index is -0.750. The molecule has 0 fully saturated rings. The van der Waals surface area contributed by atoms with Crippen LogP contribution in [0.2, 0.25) is 0 Å². The van der Waals surface area contributed by atoms with Crippen LogP contribution in [0.1, 0.15) is 125 Å². The Morgan fingerprint density at radius 2 is 0.226 bits per heavy atom. The summed E-state index contributed by atoms with van der Waals surface area (Å²) in [5, 5.41) is 60.6. The summed E-state index contributed by atoms with van der Waals surface area (Å²) in [6, 6.07) is 0. The molecule has 0 aliphatic carbocycles. The SMILES string of the molecule is CC(C)(C)[O-].CC(C)(C)[O-].CC(C)(C)[O-].CC(C)(C)[O-].CC(C)(C)[O-].CC(C)(C)[O-].[W+6]. The van der Waals surface area contributed by atoms with Gasteiger partial charge in [0.15, 0.2) is 0 Å². The fourth-order valence-corrected chi connectivity index (χ4v) is 0. The van der Waals surface area contributed by atoms with Crippen molar-refractivity contribution in [3.63, 3.8) is 0 Å². The summed E-state index contributed by atoms with van der Waals surface area (Å²) >= 11 is 0. The number of rotatable bonds is 0. The molecule has 0 amide bonds. The van der Waals surface area contributed by atoms with Crippen LogP contribution >= 0.6 is 0 Å². The van der Waals surface area contributed by atoms with E-state index in [4.69, 9.17) is 0 Å². The van der Waals surface area contributed by atoms with Crippen molar-refractivity contribution >= 4 is 0 Å². The van der Waals surface area contributed by atoms with Gasteiger partial charge in [0.05, 0.1) is 0 Å². The van der Waals surface area contributed by atoms with Crippen molar-refractivity contribution in [1.82, 2.24) is 0 Å². The first-order chi connectivity index (χ1) is 12.0. The molecule has 0 unspecified atom stereocenters. The van der Waals surface area contributed by atoms with E-state index in [0.717, 1.165) is 0 Å². The molecule has 0 aromatic rings. The van der Waals surface area contributed by atoms with Crippen molar-refractivity contribution < 1.29 is 51.7 Å². The third-order valence-corrected chi connectivity index (χ3v) is 0. The van der Waals surface area contributed by atoms with E-state index in [1.807, 2.05) is 0 Å². The second-order valence-electron chi connectivity index (χ2n) is 12.7. The molecule has 0 heterocycles. The molecule has 0 spiro atoms. The Labute approximate surface area is 209 Å². The van der Waals surface area contributed by atoms with Crippen molar-refractivity contribution in [3.8, 4) is 0 Å². The zero-order valence-corrected chi connectivity index (χ0v) is 26.8. The summed E-state index contributed by atoms with van der Waals surface area (Å²) in [5.74, 6) is 0. The zero-order chi connectivity index (χ0) is 27.0. The van der Waals surface area contributed by atoms with E-state index in [9.17, 15) is 30.6 Å². The first-order valence-electron chi connectivity index (χ1n) is 10.2. The molecule has 0 aliphatic heterocycles. The van der Waals surface area contributed by atoms with Gasteiger partial charge in [0.1, 0.15) is 0 Å². The molecule has 0 aromatic carbocycles. The standard InChI is InChI=1S/6C4H9O.W/c6*1-4(2,3)5;/h6*1-3H3;/q6*-1;+6. The Balaban J connectivity index is -0.0000000443. The molecule has 0 radical (unpaired) electrons. The van der Waals surface area contributed by atoms with Crippen LogP contribution < -0.4 is 30.6 Å². The van der Waals surface area contributed by atoms with Gasteiger partial charge in [0, 0.05) is 0 Å². The maximum atomic E-state index is 10.1. The van der Waals surface area contributed by atoms with E-state index in [2.05, 4.69) is 0 Å². The molecule has 0 aromatic heterocycles. The molecular weight excluding hydrogens is 568 g/mol. The smallest absolute Gasteiger partial charge is 0.850 e. The predicted octanol–water partition coefficient (Wildman–Crippen LogP) is 0.869. The molecule has 192 valence electrons. The quantitative estimate of drug-likeness (QED) is 0.393. The van der Waals surface area contributed by atoms with Gasteiger partial charge in [-0.2, -0.15) is 0 Å². The van der Waals surface area contributed by atoms with Crippen LogP contribution in [0.5, 0.6) is 0 Å². The minimum Gasteiger partial charge on any atom is -0.850 e. The second kappa shape index (κ2) is 19.9. The van der Waals surface area contributed by atoms with Crippen LogP contribution in [-0.4, -0.2) is 33.6 Å². The Kier molecular flexibility index (Phi) is 31.3. The summed E-state index contributed by atoms with van der Waals surface area (Å²) in [4.78, 5) is 0. The van der Waals surface area contributed by atoms with E-state index in [-0.39, 0.29) is 21.1 Å². The third kappa shape index (κ3) is 123000. The van der Waals surface area contributed by atoms with Crippen molar-refractivity contribution in [1.29, 1.82) is 0 Å². The second-order valence-corrected chi connectivity index (χ2v) is 12.7. The van der Waals surface area contributed by atoms with Gasteiger partial charge in [-0.1, -0.05) is 125 Å². The molecular formula is C24H54O6W. The van der Waals surface area contributed by atoms with Gasteiger partial charge < -0.3 is 30.6 Å². The summed E-state index contributed by atoms with van der Waals surface area (Å²) in [5.41, 5.74) is -4.50. The Morgan fingerprint density at radius 3 is 0.226 bits per heavy atom. The molecule has 0 rings (SSSR count). The van der Waals surface area contributed by atoms with Crippen molar-refractivity contribution in [3.05, 3.63) is 0 Å². The van der Waals surface area contributed by atoms with E-state index in [1.54, 1.807) is 125 Å². The molecule has 0 N–H and O–H groups in total. The van der Waals surface area contributed by atoms with Gasteiger partial charge >= 0.3 is 21.1 Å². The van der Waals surface area contributed by atoms with Gasteiger partial charge in [-0.3, -0.25) is 0 Å². The van der Waals surface area contributed by atoms with Crippen LogP contribution in [0.4, 0.5) is 0 Å². The normalized spacial score (nSPS) is 11.6. The monoisotopic (exact) mass is 622 g/mol. The number of hydrogen-bond acceptors (Lipinski definition) is 6. The fourth-order valence-electron chi connectivity index (χ4n) is 0. The van der Waals surface area contributed by atoms with Gasteiger partial charge in [-0.05, 0) is 0 Å². The maximum Gasteiger partial charge on any atom is 6.00 e.